The van der Waals surface area contributed by atoms with Crippen molar-refractivity contribution in [3.05, 3.63) is 43.4 Å². The van der Waals surface area contributed by atoms with Crippen molar-refractivity contribution in [2.75, 3.05) is 0 Å². The average Bonchev–Trinajstić information content (AvgIpc) is 2.74. The van der Waals surface area contributed by atoms with Crippen molar-refractivity contribution >= 4 is 54.8 Å². The predicted molar refractivity (Wildman–Crippen MR) is 71.2 cm³/mol. The number of thiophene rings is 1. The molecule has 0 fully saturated rings. The van der Waals surface area contributed by atoms with Gasteiger partial charge in [-0.15, -0.1) is 11.3 Å². The van der Waals surface area contributed by atoms with Gasteiger partial charge in [-0.25, -0.2) is 0 Å². The van der Waals surface area contributed by atoms with Gasteiger partial charge in [-0.2, -0.15) is 0 Å². The Morgan fingerprint density at radius 1 is 1.53 bits per heavy atom. The van der Waals surface area contributed by atoms with Crippen molar-refractivity contribution in [1.29, 1.82) is 0 Å². The van der Waals surface area contributed by atoms with E-state index in [4.69, 9.17) is 16.0 Å². The lowest BCUT2D eigenvalue weighted by Crippen LogP contribution is -1.88. The maximum Gasteiger partial charge on any atom is 0.107 e. The van der Waals surface area contributed by atoms with Crippen LogP contribution < -0.4 is 0 Å². The second-order valence-corrected chi connectivity index (χ2v) is 6.52. The summed E-state index contributed by atoms with van der Waals surface area (Å²) >= 11 is 14.6. The summed E-state index contributed by atoms with van der Waals surface area (Å²) in [5.74, 6) is 0.928. The Morgan fingerprint density at radius 3 is 2.73 bits per heavy atom. The number of hydrogen-bond donors (Lipinski definition) is 0. The van der Waals surface area contributed by atoms with Crippen molar-refractivity contribution < 1.29 is 4.42 Å². The Bertz CT molecular complexity index is 458. The summed E-state index contributed by atoms with van der Waals surface area (Å²) in [7, 11) is 0. The number of aryl methyl sites for hydroxylation is 1. The molecule has 0 bridgehead atoms. The zero-order valence-corrected chi connectivity index (χ0v) is 12.5. The summed E-state index contributed by atoms with van der Waals surface area (Å²) in [5, 5.41) is 0. The molecule has 1 unspecified atom stereocenters. The number of hydrogen-bond acceptors (Lipinski definition) is 2. The van der Waals surface area contributed by atoms with Crippen molar-refractivity contribution in [3.63, 3.8) is 0 Å². The minimum absolute atomic E-state index is 0.144. The third-order valence-corrected chi connectivity index (χ3v) is 5.92. The molecule has 1 nitrogen and oxygen atoms in total. The Hall–Kier alpha value is 0.230. The molecule has 0 spiro atoms. The van der Waals surface area contributed by atoms with Gasteiger partial charge in [0.2, 0.25) is 0 Å². The smallest absolute Gasteiger partial charge is 0.107 e. The molecule has 15 heavy (non-hydrogen) atoms. The van der Waals surface area contributed by atoms with Crippen LogP contribution in [0.2, 0.25) is 4.34 Å². The molecule has 0 amide bonds. The van der Waals surface area contributed by atoms with Crippen LogP contribution in [-0.2, 0) is 0 Å². The molecule has 0 saturated heterocycles. The summed E-state index contributed by atoms with van der Waals surface area (Å²) in [6.07, 6.45) is 1.70. The molecular formula is C10H7Br2ClOS. The summed E-state index contributed by atoms with van der Waals surface area (Å²) in [5.41, 5.74) is 1.14. The van der Waals surface area contributed by atoms with Crippen LogP contribution >= 0.6 is 54.8 Å². The van der Waals surface area contributed by atoms with Gasteiger partial charge < -0.3 is 4.42 Å². The van der Waals surface area contributed by atoms with E-state index in [1.165, 1.54) is 0 Å². The standard InChI is InChI=1S/C10H7Br2ClOS/c1-5-6(2-3-14-5)9(12)8-4-7(11)10(13)15-8/h2-4,9H,1H3. The largest absolute Gasteiger partial charge is 0.469 e. The SMILES string of the molecule is Cc1occc1C(Br)c1cc(Br)c(Cl)s1. The van der Waals surface area contributed by atoms with Gasteiger partial charge in [-0.1, -0.05) is 27.5 Å². The fourth-order valence-electron chi connectivity index (χ4n) is 1.30. The van der Waals surface area contributed by atoms with E-state index < -0.39 is 0 Å². The van der Waals surface area contributed by atoms with Gasteiger partial charge in [0.05, 0.1) is 11.1 Å². The lowest BCUT2D eigenvalue weighted by Gasteiger charge is -2.05. The first-order chi connectivity index (χ1) is 7.09. The Balaban J connectivity index is 2.36. The third kappa shape index (κ3) is 2.33. The maximum atomic E-state index is 6.00. The van der Waals surface area contributed by atoms with Gasteiger partial charge in [0.1, 0.15) is 10.1 Å². The highest BCUT2D eigenvalue weighted by molar-refractivity contribution is 9.10. The van der Waals surface area contributed by atoms with Crippen molar-refractivity contribution in [1.82, 2.24) is 0 Å². The minimum atomic E-state index is 0.144. The van der Waals surface area contributed by atoms with Crippen LogP contribution in [0.3, 0.4) is 0 Å². The highest BCUT2D eigenvalue weighted by Gasteiger charge is 2.18. The van der Waals surface area contributed by atoms with E-state index in [0.29, 0.717) is 0 Å². The highest BCUT2D eigenvalue weighted by atomic mass is 79.9. The van der Waals surface area contributed by atoms with Gasteiger partial charge >= 0.3 is 0 Å². The van der Waals surface area contributed by atoms with Crippen molar-refractivity contribution in [2.24, 2.45) is 0 Å². The van der Waals surface area contributed by atoms with Crippen LogP contribution in [0.4, 0.5) is 0 Å². The number of furan rings is 1. The first-order valence-electron chi connectivity index (χ1n) is 4.22. The monoisotopic (exact) mass is 368 g/mol. The summed E-state index contributed by atoms with van der Waals surface area (Å²) in [6.45, 7) is 1.95. The summed E-state index contributed by atoms with van der Waals surface area (Å²) in [6, 6.07) is 4.00. The molecule has 80 valence electrons. The quantitative estimate of drug-likeness (QED) is 0.632. The first-order valence-corrected chi connectivity index (χ1v) is 7.12. The Kier molecular flexibility index (Phi) is 3.60. The van der Waals surface area contributed by atoms with E-state index in [1.54, 1.807) is 17.6 Å². The number of alkyl halides is 1. The molecule has 0 aliphatic carbocycles. The molecule has 0 saturated carbocycles. The van der Waals surface area contributed by atoms with Gasteiger partial charge in [-0.3, -0.25) is 0 Å². The fourth-order valence-corrected chi connectivity index (χ4v) is 3.92. The van der Waals surface area contributed by atoms with Crippen LogP contribution in [0.25, 0.3) is 0 Å². The van der Waals surface area contributed by atoms with E-state index in [-0.39, 0.29) is 4.83 Å². The molecule has 2 aromatic heterocycles. The normalized spacial score (nSPS) is 13.1. The number of halogens is 3. The molecule has 5 heteroatoms. The van der Waals surface area contributed by atoms with Gasteiger partial charge in [-0.05, 0) is 35.0 Å². The molecular weight excluding hydrogens is 363 g/mol. The van der Waals surface area contributed by atoms with E-state index in [0.717, 1.165) is 25.0 Å². The van der Waals surface area contributed by atoms with Crippen LogP contribution in [-0.4, -0.2) is 0 Å². The summed E-state index contributed by atoms with van der Waals surface area (Å²) < 4.78 is 6.99. The van der Waals surface area contributed by atoms with Gasteiger partial charge in [0.25, 0.3) is 0 Å². The molecule has 0 aromatic carbocycles. The zero-order chi connectivity index (χ0) is 11.0. The molecule has 0 radical (unpaired) electrons. The van der Waals surface area contributed by atoms with Gasteiger partial charge in [0.15, 0.2) is 0 Å². The maximum absolute atomic E-state index is 6.00. The van der Waals surface area contributed by atoms with Crippen molar-refractivity contribution in [3.8, 4) is 0 Å². The second kappa shape index (κ2) is 4.62. The van der Waals surface area contributed by atoms with Gasteiger partial charge in [0, 0.05) is 14.9 Å². The third-order valence-electron chi connectivity index (χ3n) is 2.09. The van der Waals surface area contributed by atoms with Crippen molar-refractivity contribution in [2.45, 2.75) is 11.8 Å². The molecule has 1 atom stereocenters. The zero-order valence-electron chi connectivity index (χ0n) is 7.76. The topological polar surface area (TPSA) is 13.1 Å². The Morgan fingerprint density at radius 2 is 2.27 bits per heavy atom. The predicted octanol–water partition coefficient (Wildman–Crippen LogP) is 5.55. The minimum Gasteiger partial charge on any atom is -0.469 e. The lowest BCUT2D eigenvalue weighted by atomic mass is 10.2. The molecule has 0 aliphatic heterocycles. The highest BCUT2D eigenvalue weighted by Crippen LogP contribution is 2.42. The Labute approximate surface area is 114 Å². The number of rotatable bonds is 2. The van der Waals surface area contributed by atoms with Crippen LogP contribution in [0, 0.1) is 6.92 Å². The van der Waals surface area contributed by atoms with Crippen LogP contribution in [0.15, 0.2) is 27.3 Å². The second-order valence-electron chi connectivity index (χ2n) is 3.07. The van der Waals surface area contributed by atoms with E-state index in [2.05, 4.69) is 31.9 Å². The fraction of sp³-hybridized carbons (Fsp3) is 0.200. The first kappa shape index (κ1) is 11.7. The van der Waals surface area contributed by atoms with Crippen LogP contribution in [0.1, 0.15) is 21.0 Å². The summed E-state index contributed by atoms with van der Waals surface area (Å²) in [4.78, 5) is 1.31. The van der Waals surface area contributed by atoms with E-state index in [1.807, 2.05) is 19.1 Å². The molecule has 2 aromatic rings. The van der Waals surface area contributed by atoms with E-state index in [9.17, 15) is 0 Å². The molecule has 2 heterocycles. The molecule has 0 aliphatic rings. The van der Waals surface area contributed by atoms with Crippen LogP contribution in [0.5, 0.6) is 0 Å². The van der Waals surface area contributed by atoms with E-state index >= 15 is 0 Å². The average molecular weight is 370 g/mol. The molecule has 0 N–H and O–H groups in total. The molecule has 2 rings (SSSR count). The lowest BCUT2D eigenvalue weighted by molar-refractivity contribution is 0.530.